The van der Waals surface area contributed by atoms with E-state index in [9.17, 15) is 4.79 Å². The largest absolute Gasteiger partial charge is 0.489 e. The average molecular weight is 427 g/mol. The standard InChI is InChI=1S/C23H30N4O2S/c1-15-6-7-19-21(27(15)16(2)28)9-8-18(22(19)29-17-4-3-5-17)20-14-30-23(25-20)26-12-10-24-11-13-26/h8-9,14-15,17,24H,3-7,10-13H2,1-2H3/t15-/m0/s1. The van der Waals surface area contributed by atoms with E-state index < -0.39 is 0 Å². The molecule has 5 rings (SSSR count). The fraction of sp³-hybridized carbons (Fsp3) is 0.565. The van der Waals surface area contributed by atoms with Gasteiger partial charge in [0.25, 0.3) is 0 Å². The number of piperazine rings is 1. The minimum atomic E-state index is 0.0976. The zero-order valence-electron chi connectivity index (χ0n) is 17.8. The molecule has 2 aromatic rings. The van der Waals surface area contributed by atoms with Crippen molar-refractivity contribution in [3.05, 3.63) is 23.1 Å². The average Bonchev–Trinajstić information content (AvgIpc) is 3.20. The minimum Gasteiger partial charge on any atom is -0.489 e. The summed E-state index contributed by atoms with van der Waals surface area (Å²) in [6, 6.07) is 4.42. The molecular formula is C23H30N4O2S. The lowest BCUT2D eigenvalue weighted by Gasteiger charge is -2.37. The monoisotopic (exact) mass is 426 g/mol. The molecule has 0 spiro atoms. The quantitative estimate of drug-likeness (QED) is 0.805. The van der Waals surface area contributed by atoms with Crippen LogP contribution in [-0.4, -0.2) is 49.2 Å². The van der Waals surface area contributed by atoms with Gasteiger partial charge < -0.3 is 19.9 Å². The van der Waals surface area contributed by atoms with Gasteiger partial charge in [0.1, 0.15) is 5.75 Å². The fourth-order valence-corrected chi connectivity index (χ4v) is 5.54. The third kappa shape index (κ3) is 3.58. The van der Waals surface area contributed by atoms with E-state index in [0.717, 1.165) is 79.7 Å². The zero-order chi connectivity index (χ0) is 20.7. The number of thiazole rings is 1. The summed E-state index contributed by atoms with van der Waals surface area (Å²) >= 11 is 1.71. The van der Waals surface area contributed by atoms with Gasteiger partial charge in [-0.15, -0.1) is 11.3 Å². The first-order valence-corrected chi connectivity index (χ1v) is 12.0. The number of hydrogen-bond acceptors (Lipinski definition) is 6. The van der Waals surface area contributed by atoms with Crippen LogP contribution < -0.4 is 19.9 Å². The molecule has 7 heteroatoms. The molecule has 6 nitrogen and oxygen atoms in total. The summed E-state index contributed by atoms with van der Waals surface area (Å²) in [6.07, 6.45) is 5.63. The van der Waals surface area contributed by atoms with Crippen molar-refractivity contribution in [2.45, 2.75) is 58.1 Å². The normalized spacial score (nSPS) is 21.9. The van der Waals surface area contributed by atoms with Crippen molar-refractivity contribution in [1.82, 2.24) is 10.3 Å². The molecule has 30 heavy (non-hydrogen) atoms. The van der Waals surface area contributed by atoms with E-state index >= 15 is 0 Å². The summed E-state index contributed by atoms with van der Waals surface area (Å²) in [5.74, 6) is 1.05. The number of aromatic nitrogens is 1. The summed E-state index contributed by atoms with van der Waals surface area (Å²) in [6.45, 7) is 7.78. The zero-order valence-corrected chi connectivity index (χ0v) is 18.6. The first kappa shape index (κ1) is 19.8. The second-order valence-corrected chi connectivity index (χ2v) is 9.48. The van der Waals surface area contributed by atoms with Crippen molar-refractivity contribution >= 4 is 28.1 Å². The van der Waals surface area contributed by atoms with Crippen LogP contribution in [0.1, 0.15) is 45.1 Å². The Morgan fingerprint density at radius 2 is 2.03 bits per heavy atom. The van der Waals surface area contributed by atoms with Gasteiger partial charge in [-0.2, -0.15) is 0 Å². The maximum absolute atomic E-state index is 12.4. The Morgan fingerprint density at radius 3 is 2.73 bits per heavy atom. The summed E-state index contributed by atoms with van der Waals surface area (Å²) in [5.41, 5.74) is 4.23. The highest BCUT2D eigenvalue weighted by Crippen LogP contribution is 2.45. The maximum Gasteiger partial charge on any atom is 0.224 e. The molecule has 3 heterocycles. The molecule has 2 fully saturated rings. The highest BCUT2D eigenvalue weighted by atomic mass is 32.1. The molecule has 1 amide bonds. The van der Waals surface area contributed by atoms with E-state index in [-0.39, 0.29) is 18.1 Å². The van der Waals surface area contributed by atoms with Gasteiger partial charge in [-0.1, -0.05) is 0 Å². The Hall–Kier alpha value is -2.12. The lowest BCUT2D eigenvalue weighted by atomic mass is 9.91. The lowest BCUT2D eigenvalue weighted by Crippen LogP contribution is -2.43. The van der Waals surface area contributed by atoms with Gasteiger partial charge in [-0.25, -0.2) is 4.98 Å². The van der Waals surface area contributed by atoms with Crippen LogP contribution in [0.25, 0.3) is 11.3 Å². The number of hydrogen-bond donors (Lipinski definition) is 1. The molecule has 2 aliphatic heterocycles. The fourth-order valence-electron chi connectivity index (χ4n) is 4.67. The highest BCUT2D eigenvalue weighted by Gasteiger charge is 2.32. The SMILES string of the molecule is CC(=O)N1c2ccc(-c3csc(N4CCNCC4)n3)c(OC3CCC3)c2CC[C@@H]1C. The second kappa shape index (κ2) is 8.19. The van der Waals surface area contributed by atoms with E-state index in [4.69, 9.17) is 9.72 Å². The molecule has 0 unspecified atom stereocenters. The van der Waals surface area contributed by atoms with Crippen LogP contribution in [0.4, 0.5) is 10.8 Å². The van der Waals surface area contributed by atoms with Gasteiger partial charge in [-0.05, 0) is 51.2 Å². The Kier molecular flexibility index (Phi) is 5.41. The molecule has 1 N–H and O–H groups in total. The summed E-state index contributed by atoms with van der Waals surface area (Å²) in [5, 5.41) is 6.64. The third-order valence-electron chi connectivity index (χ3n) is 6.58. The van der Waals surface area contributed by atoms with Crippen LogP contribution >= 0.6 is 11.3 Å². The predicted molar refractivity (Wildman–Crippen MR) is 122 cm³/mol. The van der Waals surface area contributed by atoms with Gasteiger partial charge in [0.15, 0.2) is 5.13 Å². The first-order chi connectivity index (χ1) is 14.6. The molecule has 160 valence electrons. The molecule has 1 aromatic heterocycles. The summed E-state index contributed by atoms with van der Waals surface area (Å²) < 4.78 is 6.56. The van der Waals surface area contributed by atoms with Gasteiger partial charge in [-0.3, -0.25) is 4.79 Å². The molecule has 1 saturated heterocycles. The molecule has 1 aliphatic carbocycles. The van der Waals surface area contributed by atoms with Crippen LogP contribution in [0.15, 0.2) is 17.5 Å². The number of carbonyl (C=O) groups excluding carboxylic acids is 1. The van der Waals surface area contributed by atoms with Crippen LogP contribution in [0, 0.1) is 0 Å². The molecule has 1 atom stereocenters. The van der Waals surface area contributed by atoms with E-state index in [1.165, 1.54) is 12.0 Å². The smallest absolute Gasteiger partial charge is 0.224 e. The molecular weight excluding hydrogens is 396 g/mol. The Balaban J connectivity index is 1.55. The van der Waals surface area contributed by atoms with E-state index in [1.807, 2.05) is 4.90 Å². The number of benzene rings is 1. The number of anilines is 2. The number of fused-ring (bicyclic) bond motifs is 1. The Labute approximate surface area is 182 Å². The van der Waals surface area contributed by atoms with Gasteiger partial charge in [0.05, 0.1) is 17.5 Å². The predicted octanol–water partition coefficient (Wildman–Crippen LogP) is 3.84. The van der Waals surface area contributed by atoms with Crippen molar-refractivity contribution in [2.24, 2.45) is 0 Å². The van der Waals surface area contributed by atoms with Crippen LogP contribution in [0.2, 0.25) is 0 Å². The second-order valence-electron chi connectivity index (χ2n) is 8.64. The number of carbonyl (C=O) groups is 1. The molecule has 0 radical (unpaired) electrons. The topological polar surface area (TPSA) is 57.7 Å². The number of nitrogens with one attached hydrogen (secondary N) is 1. The first-order valence-electron chi connectivity index (χ1n) is 11.2. The van der Waals surface area contributed by atoms with Gasteiger partial charge in [0, 0.05) is 55.7 Å². The minimum absolute atomic E-state index is 0.0976. The van der Waals surface area contributed by atoms with Crippen LogP contribution in [0.5, 0.6) is 5.75 Å². The lowest BCUT2D eigenvalue weighted by molar-refractivity contribution is -0.117. The Morgan fingerprint density at radius 1 is 1.23 bits per heavy atom. The van der Waals surface area contributed by atoms with Crippen LogP contribution in [-0.2, 0) is 11.2 Å². The van der Waals surface area contributed by atoms with E-state index in [0.29, 0.717) is 0 Å². The van der Waals surface area contributed by atoms with E-state index in [1.54, 1.807) is 18.3 Å². The van der Waals surface area contributed by atoms with Crippen molar-refractivity contribution in [1.29, 1.82) is 0 Å². The van der Waals surface area contributed by atoms with Gasteiger partial charge in [0.2, 0.25) is 5.91 Å². The van der Waals surface area contributed by atoms with Crippen molar-refractivity contribution < 1.29 is 9.53 Å². The molecule has 1 saturated carbocycles. The molecule has 3 aliphatic rings. The highest BCUT2D eigenvalue weighted by molar-refractivity contribution is 7.14. The van der Waals surface area contributed by atoms with E-state index in [2.05, 4.69) is 34.7 Å². The third-order valence-corrected chi connectivity index (χ3v) is 7.48. The molecule has 0 bridgehead atoms. The van der Waals surface area contributed by atoms with Crippen molar-refractivity contribution in [2.75, 3.05) is 36.0 Å². The number of nitrogens with zero attached hydrogens (tertiary/aromatic N) is 3. The number of ether oxygens (including phenoxy) is 1. The number of amides is 1. The molecule has 1 aromatic carbocycles. The van der Waals surface area contributed by atoms with Gasteiger partial charge >= 0.3 is 0 Å². The number of rotatable bonds is 4. The summed E-state index contributed by atoms with van der Waals surface area (Å²) in [4.78, 5) is 21.6. The van der Waals surface area contributed by atoms with Crippen molar-refractivity contribution in [3.63, 3.8) is 0 Å². The van der Waals surface area contributed by atoms with Crippen molar-refractivity contribution in [3.8, 4) is 17.0 Å². The Bertz CT molecular complexity index is 933. The summed E-state index contributed by atoms with van der Waals surface area (Å²) in [7, 11) is 0. The maximum atomic E-state index is 12.4. The van der Waals surface area contributed by atoms with Crippen LogP contribution in [0.3, 0.4) is 0 Å².